The molecule has 1 saturated heterocycles. The van der Waals surface area contributed by atoms with Crippen LogP contribution in [0.25, 0.3) is 10.3 Å². The van der Waals surface area contributed by atoms with Crippen molar-refractivity contribution in [1.82, 2.24) is 14.5 Å². The van der Waals surface area contributed by atoms with Crippen LogP contribution >= 0.6 is 23.1 Å². The summed E-state index contributed by atoms with van der Waals surface area (Å²) in [5.41, 5.74) is 5.88. The molecule has 33 heavy (non-hydrogen) atoms. The summed E-state index contributed by atoms with van der Waals surface area (Å²) in [4.78, 5) is 45.3. The van der Waals surface area contributed by atoms with Gasteiger partial charge in [0, 0.05) is 0 Å². The van der Waals surface area contributed by atoms with Crippen LogP contribution in [0.15, 0.2) is 41.3 Å². The average Bonchev–Trinajstić information content (AvgIpc) is 3.36. The van der Waals surface area contributed by atoms with Crippen molar-refractivity contribution in [3.8, 4) is 0 Å². The van der Waals surface area contributed by atoms with Gasteiger partial charge in [0.15, 0.2) is 11.9 Å². The minimum Gasteiger partial charge on any atom is -0.469 e. The second-order valence-electron chi connectivity index (χ2n) is 7.22. The Balaban J connectivity index is 1.64. The molecule has 0 saturated carbocycles. The fourth-order valence-corrected chi connectivity index (χ4v) is 5.80. The summed E-state index contributed by atoms with van der Waals surface area (Å²) in [7, 11) is 1.30. The topological polar surface area (TPSA) is 136 Å². The Morgan fingerprint density at radius 1 is 1.30 bits per heavy atom. The van der Waals surface area contributed by atoms with E-state index in [9.17, 15) is 14.4 Å². The maximum absolute atomic E-state index is 12.8. The predicted molar refractivity (Wildman–Crippen MR) is 124 cm³/mol. The highest BCUT2D eigenvalue weighted by molar-refractivity contribution is 8.00. The highest BCUT2D eigenvalue weighted by Crippen LogP contribution is 2.44. The number of carbonyl (C=O) groups excluding carboxylic acids is 2. The number of aromatic nitrogens is 3. The van der Waals surface area contributed by atoms with Gasteiger partial charge < -0.3 is 19.9 Å². The highest BCUT2D eigenvalue weighted by Gasteiger charge is 2.44. The molecule has 1 aromatic carbocycles. The lowest BCUT2D eigenvalue weighted by molar-refractivity contribution is -0.141. The molecule has 0 amide bonds. The van der Waals surface area contributed by atoms with E-state index in [0.717, 1.165) is 11.3 Å². The summed E-state index contributed by atoms with van der Waals surface area (Å²) in [5, 5.41) is -0.474. The van der Waals surface area contributed by atoms with Crippen LogP contribution in [-0.4, -0.2) is 50.4 Å². The van der Waals surface area contributed by atoms with Crippen molar-refractivity contribution in [1.29, 1.82) is 0 Å². The zero-order valence-electron chi connectivity index (χ0n) is 17.9. The molecule has 12 heteroatoms. The monoisotopic (exact) mass is 490 g/mol. The fraction of sp³-hybridized carbons (Fsp3) is 0.381. The van der Waals surface area contributed by atoms with Gasteiger partial charge in [0.1, 0.15) is 11.5 Å². The summed E-state index contributed by atoms with van der Waals surface area (Å²) in [5.74, 6) is -0.903. The Morgan fingerprint density at radius 3 is 2.76 bits per heavy atom. The van der Waals surface area contributed by atoms with E-state index in [1.165, 1.54) is 29.6 Å². The highest BCUT2D eigenvalue weighted by atomic mass is 32.2. The largest absolute Gasteiger partial charge is 0.469 e. The van der Waals surface area contributed by atoms with Crippen LogP contribution in [0, 0.1) is 0 Å². The Hall–Kier alpha value is -2.96. The SMILES string of the molecule is CCC(OC(=O)c1ccccc1)[C@H]1O[C@@H](n2c(=O)sc3cnc(N)nc32)[C@H](CC(=O)OC)S1. The van der Waals surface area contributed by atoms with Gasteiger partial charge in [0.25, 0.3) is 0 Å². The maximum atomic E-state index is 12.8. The predicted octanol–water partition coefficient (Wildman–Crippen LogP) is 2.59. The van der Waals surface area contributed by atoms with E-state index in [1.54, 1.807) is 24.3 Å². The molecule has 0 bridgehead atoms. The van der Waals surface area contributed by atoms with Crippen LogP contribution in [0.3, 0.4) is 0 Å². The third-order valence-electron chi connectivity index (χ3n) is 5.10. The molecule has 10 nitrogen and oxygen atoms in total. The van der Waals surface area contributed by atoms with Crippen molar-refractivity contribution in [2.75, 3.05) is 12.8 Å². The molecule has 1 unspecified atom stereocenters. The van der Waals surface area contributed by atoms with Gasteiger partial charge in [-0.3, -0.25) is 14.2 Å². The molecule has 1 aliphatic rings. The zero-order chi connectivity index (χ0) is 23.5. The maximum Gasteiger partial charge on any atom is 0.338 e. The van der Waals surface area contributed by atoms with Crippen molar-refractivity contribution < 1.29 is 23.8 Å². The van der Waals surface area contributed by atoms with Gasteiger partial charge in [-0.15, -0.1) is 11.8 Å². The van der Waals surface area contributed by atoms with Crippen molar-refractivity contribution in [2.45, 2.75) is 42.8 Å². The van der Waals surface area contributed by atoms with Gasteiger partial charge in [-0.05, 0) is 18.6 Å². The lowest BCUT2D eigenvalue weighted by atomic mass is 10.2. The number of nitrogens with two attached hydrogens (primary N) is 1. The van der Waals surface area contributed by atoms with Crippen molar-refractivity contribution in [3.05, 3.63) is 51.8 Å². The first-order chi connectivity index (χ1) is 15.9. The lowest BCUT2D eigenvalue weighted by Crippen LogP contribution is -2.31. The molecule has 2 aromatic heterocycles. The summed E-state index contributed by atoms with van der Waals surface area (Å²) in [6, 6.07) is 8.65. The minimum atomic E-state index is -0.834. The van der Waals surface area contributed by atoms with Crippen molar-refractivity contribution in [2.24, 2.45) is 0 Å². The molecule has 1 fully saturated rings. The molecule has 1 aliphatic heterocycles. The molecule has 3 heterocycles. The molecule has 0 radical (unpaired) electrons. The van der Waals surface area contributed by atoms with E-state index in [-0.39, 0.29) is 17.2 Å². The summed E-state index contributed by atoms with van der Waals surface area (Å²) >= 11 is 2.28. The van der Waals surface area contributed by atoms with E-state index >= 15 is 0 Å². The smallest absolute Gasteiger partial charge is 0.338 e. The van der Waals surface area contributed by atoms with Gasteiger partial charge in [-0.25, -0.2) is 9.78 Å². The lowest BCUT2D eigenvalue weighted by Gasteiger charge is -2.22. The summed E-state index contributed by atoms with van der Waals surface area (Å²) < 4.78 is 18.7. The number of thiazole rings is 1. The van der Waals surface area contributed by atoms with E-state index in [1.807, 2.05) is 13.0 Å². The number of hydrogen-bond donors (Lipinski definition) is 1. The van der Waals surface area contributed by atoms with Crippen LogP contribution in [0.1, 0.15) is 36.4 Å². The first kappa shape index (κ1) is 23.2. The average molecular weight is 491 g/mol. The number of methoxy groups -OCH3 is 1. The number of carbonyl (C=O) groups is 2. The first-order valence-corrected chi connectivity index (χ1v) is 11.9. The van der Waals surface area contributed by atoms with Crippen molar-refractivity contribution >= 4 is 51.3 Å². The van der Waals surface area contributed by atoms with Crippen LogP contribution in [-0.2, 0) is 19.0 Å². The number of fused-ring (bicyclic) bond motifs is 1. The van der Waals surface area contributed by atoms with Gasteiger partial charge in [0.05, 0.1) is 35.2 Å². The number of esters is 2. The molecule has 4 rings (SSSR count). The van der Waals surface area contributed by atoms with E-state index in [0.29, 0.717) is 22.3 Å². The standard InChI is InChI=1S/C21H22N4O6S2/c1-3-12(30-18(27)11-7-5-4-6-8-11)19-31-17(13(32-19)9-15(26)29-2)25-16-14(33-21(25)28)10-23-20(22)24-16/h4-8,10,12-13,17,19H,3,9H2,1-2H3,(H2,22,23,24)/t12?,13-,17+,19-/m0/s1. The zero-order valence-corrected chi connectivity index (χ0v) is 19.5. The second kappa shape index (κ2) is 9.89. The number of anilines is 1. The van der Waals surface area contributed by atoms with E-state index in [2.05, 4.69) is 9.97 Å². The molecule has 0 spiro atoms. The van der Waals surface area contributed by atoms with Gasteiger partial charge in [0.2, 0.25) is 5.95 Å². The van der Waals surface area contributed by atoms with Crippen LogP contribution in [0.5, 0.6) is 0 Å². The molecule has 174 valence electrons. The number of nitrogen functional groups attached to an aromatic ring is 1. The molecule has 4 atom stereocenters. The first-order valence-electron chi connectivity index (χ1n) is 10.2. The number of rotatable bonds is 7. The number of thioether (sulfide) groups is 1. The van der Waals surface area contributed by atoms with Gasteiger partial charge in [-0.1, -0.05) is 36.5 Å². The van der Waals surface area contributed by atoms with Crippen molar-refractivity contribution in [3.63, 3.8) is 0 Å². The van der Waals surface area contributed by atoms with E-state index in [4.69, 9.17) is 19.9 Å². The molecule has 0 aliphatic carbocycles. The summed E-state index contributed by atoms with van der Waals surface area (Å²) in [6.07, 6.45) is 0.510. The minimum absolute atomic E-state index is 0.00422. The van der Waals surface area contributed by atoms with Crippen LogP contribution in [0.4, 0.5) is 5.95 Å². The van der Waals surface area contributed by atoms with Gasteiger partial charge in [-0.2, -0.15) is 4.98 Å². The molecular weight excluding hydrogens is 468 g/mol. The van der Waals surface area contributed by atoms with Gasteiger partial charge >= 0.3 is 16.8 Å². The second-order valence-corrected chi connectivity index (χ2v) is 9.56. The van der Waals surface area contributed by atoms with Crippen LogP contribution in [0.2, 0.25) is 0 Å². The molecule has 2 N–H and O–H groups in total. The Bertz CT molecular complexity index is 1210. The Morgan fingerprint density at radius 2 is 2.06 bits per heavy atom. The summed E-state index contributed by atoms with van der Waals surface area (Å²) in [6.45, 7) is 1.87. The Labute approximate surface area is 197 Å². The number of ether oxygens (including phenoxy) is 3. The third kappa shape index (κ3) is 4.87. The van der Waals surface area contributed by atoms with E-state index < -0.39 is 35.0 Å². The third-order valence-corrected chi connectivity index (χ3v) is 7.41. The quantitative estimate of drug-likeness (QED) is 0.492. The Kier molecular flexibility index (Phi) is 6.96. The number of nitrogens with zero attached hydrogens (tertiary/aromatic N) is 3. The molecule has 3 aromatic rings. The fourth-order valence-electron chi connectivity index (χ4n) is 3.48. The number of hydrogen-bond acceptors (Lipinski definition) is 11. The number of benzene rings is 1. The molecular formula is C21H22N4O6S2. The normalized spacial score (nSPS) is 21.1. The van der Waals surface area contributed by atoms with Crippen LogP contribution < -0.4 is 10.6 Å².